The molecule has 3 aromatic rings. The summed E-state index contributed by atoms with van der Waals surface area (Å²) < 4.78 is 0. The molecule has 2 heterocycles. The first-order valence-electron chi connectivity index (χ1n) is 7.32. The van der Waals surface area contributed by atoms with Gasteiger partial charge in [0.2, 0.25) is 0 Å². The van der Waals surface area contributed by atoms with Crippen molar-refractivity contribution in [3.63, 3.8) is 0 Å². The Morgan fingerprint density at radius 2 is 1.88 bits per heavy atom. The van der Waals surface area contributed by atoms with Crippen molar-refractivity contribution in [1.82, 2.24) is 10.2 Å². The molecule has 2 N–H and O–H groups in total. The lowest BCUT2D eigenvalue weighted by Crippen LogP contribution is -2.10. The maximum absolute atomic E-state index is 12.0. The molecule has 0 aliphatic heterocycles. The minimum Gasteiger partial charge on any atom is -0.376 e. The lowest BCUT2D eigenvalue weighted by molar-refractivity contribution is 0.102. The Hall–Kier alpha value is -2.93. The van der Waals surface area contributed by atoms with Gasteiger partial charge in [-0.1, -0.05) is 0 Å². The number of hydrogen-bond donors (Lipinski definition) is 2. The number of nitrogens with zero attached hydrogens (tertiary/aromatic N) is 3. The molecule has 1 aromatic carbocycles. The molecule has 0 saturated heterocycles. The second kappa shape index (κ2) is 7.10. The molecule has 0 aliphatic carbocycles. The van der Waals surface area contributed by atoms with E-state index in [0.29, 0.717) is 11.4 Å². The number of thiophene rings is 1. The van der Waals surface area contributed by atoms with E-state index in [1.54, 1.807) is 12.3 Å². The van der Waals surface area contributed by atoms with Gasteiger partial charge in [0, 0.05) is 36.9 Å². The van der Waals surface area contributed by atoms with E-state index in [1.807, 2.05) is 60.1 Å². The van der Waals surface area contributed by atoms with Crippen LogP contribution in [-0.4, -0.2) is 30.2 Å². The van der Waals surface area contributed by atoms with Crippen molar-refractivity contribution in [3.8, 4) is 0 Å². The van der Waals surface area contributed by atoms with Gasteiger partial charge in [0.15, 0.2) is 5.82 Å². The molecule has 6 nitrogen and oxygen atoms in total. The maximum Gasteiger partial charge on any atom is 0.256 e. The lowest BCUT2D eigenvalue weighted by Gasteiger charge is -2.13. The van der Waals surface area contributed by atoms with E-state index in [-0.39, 0.29) is 5.91 Å². The molecule has 0 radical (unpaired) electrons. The van der Waals surface area contributed by atoms with Crippen LogP contribution < -0.4 is 15.5 Å². The normalized spacial score (nSPS) is 10.2. The highest BCUT2D eigenvalue weighted by molar-refractivity contribution is 7.08. The molecule has 1 amide bonds. The molecule has 0 aliphatic rings. The molecular formula is C17H17N5OS. The van der Waals surface area contributed by atoms with Crippen molar-refractivity contribution < 1.29 is 4.79 Å². The standard InChI is InChI=1S/C17H17N5OS/c1-22(2)15-9-16(21-18-10-15)19-13-3-5-14(6-4-13)20-17(23)12-7-8-24-11-12/h3-11H,1-2H3,(H,19,21)(H,20,23). The highest BCUT2D eigenvalue weighted by Crippen LogP contribution is 2.20. The first-order chi connectivity index (χ1) is 11.6. The number of carbonyl (C=O) groups excluding carboxylic acids is 1. The fourth-order valence-corrected chi connectivity index (χ4v) is 2.68. The van der Waals surface area contributed by atoms with Crippen LogP contribution in [-0.2, 0) is 0 Å². The van der Waals surface area contributed by atoms with E-state index in [9.17, 15) is 4.79 Å². The van der Waals surface area contributed by atoms with Gasteiger partial charge in [-0.2, -0.15) is 16.4 Å². The molecular weight excluding hydrogens is 322 g/mol. The number of hydrogen-bond acceptors (Lipinski definition) is 6. The highest BCUT2D eigenvalue weighted by atomic mass is 32.1. The summed E-state index contributed by atoms with van der Waals surface area (Å²) in [6.45, 7) is 0. The number of amides is 1. The van der Waals surface area contributed by atoms with Gasteiger partial charge in [-0.3, -0.25) is 4.79 Å². The SMILES string of the molecule is CN(C)c1cnnc(Nc2ccc(NC(=O)c3ccsc3)cc2)c1. The smallest absolute Gasteiger partial charge is 0.256 e. The molecule has 24 heavy (non-hydrogen) atoms. The van der Waals surface area contributed by atoms with Crippen LogP contribution in [0.25, 0.3) is 0 Å². The minimum absolute atomic E-state index is 0.110. The van der Waals surface area contributed by atoms with Crippen molar-refractivity contribution in [2.24, 2.45) is 0 Å². The maximum atomic E-state index is 12.0. The Morgan fingerprint density at radius 3 is 2.54 bits per heavy atom. The van der Waals surface area contributed by atoms with Crippen molar-refractivity contribution >= 4 is 40.1 Å². The molecule has 0 saturated carbocycles. The fraction of sp³-hybridized carbons (Fsp3) is 0.118. The van der Waals surface area contributed by atoms with E-state index in [4.69, 9.17) is 0 Å². The van der Waals surface area contributed by atoms with E-state index in [2.05, 4.69) is 20.8 Å². The molecule has 2 aromatic heterocycles. The number of aromatic nitrogens is 2. The first-order valence-corrected chi connectivity index (χ1v) is 8.27. The Labute approximate surface area is 144 Å². The van der Waals surface area contributed by atoms with E-state index in [0.717, 1.165) is 17.1 Å². The van der Waals surface area contributed by atoms with E-state index >= 15 is 0 Å². The van der Waals surface area contributed by atoms with Gasteiger partial charge < -0.3 is 15.5 Å². The van der Waals surface area contributed by atoms with Crippen molar-refractivity contribution in [3.05, 3.63) is 58.9 Å². The summed E-state index contributed by atoms with van der Waals surface area (Å²) in [5.74, 6) is 0.553. The number of rotatable bonds is 5. The molecule has 0 bridgehead atoms. The van der Waals surface area contributed by atoms with E-state index in [1.165, 1.54) is 11.3 Å². The number of benzene rings is 1. The number of nitrogens with one attached hydrogen (secondary N) is 2. The Kier molecular flexibility index (Phi) is 4.72. The van der Waals surface area contributed by atoms with Gasteiger partial charge in [0.1, 0.15) is 0 Å². The summed E-state index contributed by atoms with van der Waals surface area (Å²) in [5, 5.41) is 17.8. The van der Waals surface area contributed by atoms with E-state index < -0.39 is 0 Å². The summed E-state index contributed by atoms with van der Waals surface area (Å²) in [5.41, 5.74) is 3.24. The zero-order chi connectivity index (χ0) is 16.9. The summed E-state index contributed by atoms with van der Waals surface area (Å²) in [6, 6.07) is 11.2. The van der Waals surface area contributed by atoms with Gasteiger partial charge in [-0.25, -0.2) is 0 Å². The third-order valence-corrected chi connectivity index (χ3v) is 4.04. The average Bonchev–Trinajstić information content (AvgIpc) is 3.11. The summed E-state index contributed by atoms with van der Waals surface area (Å²) in [6.07, 6.45) is 1.70. The highest BCUT2D eigenvalue weighted by Gasteiger charge is 2.06. The molecule has 3 rings (SSSR count). The molecule has 0 fully saturated rings. The quantitative estimate of drug-likeness (QED) is 0.743. The zero-order valence-electron chi connectivity index (χ0n) is 13.4. The molecule has 122 valence electrons. The molecule has 0 atom stereocenters. The predicted octanol–water partition coefficient (Wildman–Crippen LogP) is 3.60. The molecule has 7 heteroatoms. The second-order valence-corrected chi connectivity index (χ2v) is 6.14. The van der Waals surface area contributed by atoms with Gasteiger partial charge >= 0.3 is 0 Å². The van der Waals surface area contributed by atoms with Crippen LogP contribution in [0.3, 0.4) is 0 Å². The summed E-state index contributed by atoms with van der Waals surface area (Å²) in [7, 11) is 3.90. The number of carbonyl (C=O) groups is 1. The van der Waals surface area contributed by atoms with Crippen LogP contribution in [0.5, 0.6) is 0 Å². The topological polar surface area (TPSA) is 70.2 Å². The minimum atomic E-state index is -0.110. The van der Waals surface area contributed by atoms with Crippen molar-refractivity contribution in [2.75, 3.05) is 29.6 Å². The largest absolute Gasteiger partial charge is 0.376 e. The number of anilines is 4. The third kappa shape index (κ3) is 3.88. The Bertz CT molecular complexity index is 815. The van der Waals surface area contributed by atoms with Crippen LogP contribution in [0.1, 0.15) is 10.4 Å². The monoisotopic (exact) mass is 339 g/mol. The predicted molar refractivity (Wildman–Crippen MR) is 98.4 cm³/mol. The van der Waals surface area contributed by atoms with Gasteiger partial charge in [0.25, 0.3) is 5.91 Å². The van der Waals surface area contributed by atoms with Crippen LogP contribution in [0.4, 0.5) is 22.9 Å². The average molecular weight is 339 g/mol. The van der Waals surface area contributed by atoms with Crippen molar-refractivity contribution in [1.29, 1.82) is 0 Å². The van der Waals surface area contributed by atoms with Crippen LogP contribution in [0.15, 0.2) is 53.4 Å². The second-order valence-electron chi connectivity index (χ2n) is 5.36. The van der Waals surface area contributed by atoms with Crippen LogP contribution >= 0.6 is 11.3 Å². The molecule has 0 unspecified atom stereocenters. The summed E-state index contributed by atoms with van der Waals surface area (Å²) >= 11 is 1.50. The lowest BCUT2D eigenvalue weighted by atomic mass is 10.2. The van der Waals surface area contributed by atoms with Crippen molar-refractivity contribution in [2.45, 2.75) is 0 Å². The van der Waals surface area contributed by atoms with Gasteiger partial charge in [-0.15, -0.1) is 5.10 Å². The van der Waals surface area contributed by atoms with Crippen LogP contribution in [0, 0.1) is 0 Å². The first kappa shape index (κ1) is 15.9. The zero-order valence-corrected chi connectivity index (χ0v) is 14.2. The third-order valence-electron chi connectivity index (χ3n) is 3.36. The Balaban J connectivity index is 1.66. The summed E-state index contributed by atoms with van der Waals surface area (Å²) in [4.78, 5) is 14.0. The van der Waals surface area contributed by atoms with Gasteiger partial charge in [0.05, 0.1) is 17.4 Å². The van der Waals surface area contributed by atoms with Gasteiger partial charge in [-0.05, 0) is 35.7 Å². The Morgan fingerprint density at radius 1 is 1.12 bits per heavy atom. The molecule has 0 spiro atoms. The fourth-order valence-electron chi connectivity index (χ4n) is 2.04. The van der Waals surface area contributed by atoms with Crippen LogP contribution in [0.2, 0.25) is 0 Å².